The van der Waals surface area contributed by atoms with E-state index in [0.29, 0.717) is 5.58 Å². The van der Waals surface area contributed by atoms with Gasteiger partial charge in [0.15, 0.2) is 0 Å². The average molecular weight is 305 g/mol. The standard InChI is InChI=1S/C19H15NO3/c1-11-12(2)22-17-10-18-16(8-14(11)17)15(9-19(20-21)23-18)13-6-4-3-5-7-13/h3-10,21H,1-2H3/b20-19+. The number of furan rings is 1. The molecule has 23 heavy (non-hydrogen) atoms. The minimum absolute atomic E-state index is 0.163. The lowest BCUT2D eigenvalue weighted by molar-refractivity contribution is 0.277. The van der Waals surface area contributed by atoms with Gasteiger partial charge in [0.2, 0.25) is 0 Å². The Morgan fingerprint density at radius 3 is 2.35 bits per heavy atom. The smallest absolute Gasteiger partial charge is 0.256 e. The minimum Gasteiger partial charge on any atom is -0.461 e. The molecule has 114 valence electrons. The number of hydrogen-bond acceptors (Lipinski definition) is 4. The number of nitrogens with zero attached hydrogens (tertiary/aromatic N) is 1. The van der Waals surface area contributed by atoms with E-state index in [1.54, 1.807) is 6.07 Å². The third kappa shape index (κ3) is 2.11. The second-order valence-electron chi connectivity index (χ2n) is 5.59. The lowest BCUT2D eigenvalue weighted by Crippen LogP contribution is -2.01. The van der Waals surface area contributed by atoms with Gasteiger partial charge in [-0.25, -0.2) is 0 Å². The number of hydrogen-bond donors (Lipinski definition) is 1. The maximum absolute atomic E-state index is 9.14. The van der Waals surface area contributed by atoms with Crippen LogP contribution in [0.3, 0.4) is 0 Å². The van der Waals surface area contributed by atoms with E-state index >= 15 is 0 Å². The van der Waals surface area contributed by atoms with Crippen LogP contribution in [0, 0.1) is 13.8 Å². The lowest BCUT2D eigenvalue weighted by atomic mass is 10.0. The summed E-state index contributed by atoms with van der Waals surface area (Å²) in [7, 11) is 0. The van der Waals surface area contributed by atoms with Crippen molar-refractivity contribution in [3.05, 3.63) is 65.4 Å². The fourth-order valence-electron chi connectivity index (χ4n) is 2.91. The van der Waals surface area contributed by atoms with Crippen LogP contribution in [0.15, 0.2) is 62.5 Å². The van der Waals surface area contributed by atoms with Crippen molar-refractivity contribution in [3.63, 3.8) is 0 Å². The molecule has 0 atom stereocenters. The molecule has 0 aliphatic carbocycles. The van der Waals surface area contributed by atoms with Gasteiger partial charge in [-0.1, -0.05) is 30.3 Å². The van der Waals surface area contributed by atoms with Gasteiger partial charge in [-0.3, -0.25) is 0 Å². The molecule has 4 aromatic rings. The van der Waals surface area contributed by atoms with E-state index in [1.165, 1.54) is 0 Å². The molecule has 0 aliphatic heterocycles. The third-order valence-corrected chi connectivity index (χ3v) is 4.23. The van der Waals surface area contributed by atoms with E-state index < -0.39 is 0 Å². The molecule has 2 aromatic heterocycles. The Balaban J connectivity index is 2.17. The summed E-state index contributed by atoms with van der Waals surface area (Å²) in [6.07, 6.45) is 0. The summed E-state index contributed by atoms with van der Waals surface area (Å²) < 4.78 is 11.4. The van der Waals surface area contributed by atoms with E-state index in [2.05, 4.69) is 11.2 Å². The molecule has 1 N–H and O–H groups in total. The maximum Gasteiger partial charge on any atom is 0.256 e. The molecule has 0 saturated heterocycles. The highest BCUT2D eigenvalue weighted by Crippen LogP contribution is 2.33. The van der Waals surface area contributed by atoms with Gasteiger partial charge < -0.3 is 14.0 Å². The van der Waals surface area contributed by atoms with Crippen molar-refractivity contribution >= 4 is 21.9 Å². The molecule has 0 aliphatic rings. The topological polar surface area (TPSA) is 58.9 Å². The maximum atomic E-state index is 9.14. The van der Waals surface area contributed by atoms with Crippen LogP contribution in [-0.4, -0.2) is 5.21 Å². The van der Waals surface area contributed by atoms with Gasteiger partial charge in [0.05, 0.1) is 0 Å². The van der Waals surface area contributed by atoms with Crippen molar-refractivity contribution in [1.29, 1.82) is 0 Å². The molecule has 0 fully saturated rings. The summed E-state index contributed by atoms with van der Waals surface area (Å²) in [5.74, 6) is 0.892. The van der Waals surface area contributed by atoms with Crippen molar-refractivity contribution in [2.45, 2.75) is 13.8 Å². The Bertz CT molecular complexity index is 1090. The van der Waals surface area contributed by atoms with Crippen molar-refractivity contribution in [1.82, 2.24) is 0 Å². The van der Waals surface area contributed by atoms with Crippen LogP contribution in [0.2, 0.25) is 0 Å². The Labute approximate surface area is 132 Å². The van der Waals surface area contributed by atoms with Gasteiger partial charge in [-0.15, -0.1) is 0 Å². The Hall–Kier alpha value is -3.01. The van der Waals surface area contributed by atoms with Crippen molar-refractivity contribution < 1.29 is 14.0 Å². The molecule has 4 rings (SSSR count). The zero-order valence-electron chi connectivity index (χ0n) is 12.8. The van der Waals surface area contributed by atoms with Gasteiger partial charge in [0.1, 0.15) is 16.9 Å². The zero-order chi connectivity index (χ0) is 16.0. The molecule has 2 heterocycles. The minimum atomic E-state index is 0.163. The molecule has 0 unspecified atom stereocenters. The van der Waals surface area contributed by atoms with Crippen molar-refractivity contribution in [2.75, 3.05) is 0 Å². The van der Waals surface area contributed by atoms with E-state index in [4.69, 9.17) is 14.0 Å². The number of rotatable bonds is 1. The molecule has 0 spiro atoms. The normalized spacial score (nSPS) is 12.3. The summed E-state index contributed by atoms with van der Waals surface area (Å²) >= 11 is 0. The number of benzene rings is 2. The molecule has 4 nitrogen and oxygen atoms in total. The fourth-order valence-corrected chi connectivity index (χ4v) is 2.91. The van der Waals surface area contributed by atoms with Crippen LogP contribution in [0.1, 0.15) is 11.3 Å². The highest BCUT2D eigenvalue weighted by atomic mass is 16.5. The zero-order valence-corrected chi connectivity index (χ0v) is 12.8. The predicted molar refractivity (Wildman–Crippen MR) is 88.2 cm³/mol. The van der Waals surface area contributed by atoms with Crippen LogP contribution < -0.4 is 5.55 Å². The first-order chi connectivity index (χ1) is 11.2. The molecule has 2 aromatic carbocycles. The SMILES string of the molecule is Cc1oc2cc3o/c(=N/O)cc(-c4ccccc4)c3cc2c1C. The first-order valence-electron chi connectivity index (χ1n) is 7.38. The predicted octanol–water partition coefficient (Wildman–Crippen LogP) is 4.75. The van der Waals surface area contributed by atoms with Crippen LogP contribution in [0.5, 0.6) is 0 Å². The Morgan fingerprint density at radius 1 is 0.870 bits per heavy atom. The first-order valence-corrected chi connectivity index (χ1v) is 7.38. The molecule has 4 heteroatoms. The Kier molecular flexibility index (Phi) is 2.98. The summed E-state index contributed by atoms with van der Waals surface area (Å²) in [5.41, 5.74) is 4.67. The number of aryl methyl sites for hydroxylation is 2. The quantitative estimate of drug-likeness (QED) is 0.407. The van der Waals surface area contributed by atoms with E-state index in [9.17, 15) is 0 Å². The van der Waals surface area contributed by atoms with Gasteiger partial charge in [0, 0.05) is 22.9 Å². The molecule has 0 radical (unpaired) electrons. The summed E-state index contributed by atoms with van der Waals surface area (Å²) in [6, 6.07) is 15.6. The molecule has 0 amide bonds. The number of fused-ring (bicyclic) bond motifs is 2. The van der Waals surface area contributed by atoms with Crippen molar-refractivity contribution in [2.24, 2.45) is 5.16 Å². The fraction of sp³-hybridized carbons (Fsp3) is 0.105. The van der Waals surface area contributed by atoms with Crippen LogP contribution in [0.25, 0.3) is 33.1 Å². The van der Waals surface area contributed by atoms with E-state index in [-0.39, 0.29) is 5.55 Å². The molecule has 0 saturated carbocycles. The lowest BCUT2D eigenvalue weighted by Gasteiger charge is -2.06. The van der Waals surface area contributed by atoms with Crippen LogP contribution in [-0.2, 0) is 0 Å². The highest BCUT2D eigenvalue weighted by molar-refractivity contribution is 6.02. The third-order valence-electron chi connectivity index (χ3n) is 4.23. The second kappa shape index (κ2) is 5.02. The largest absolute Gasteiger partial charge is 0.461 e. The monoisotopic (exact) mass is 305 g/mol. The van der Waals surface area contributed by atoms with Gasteiger partial charge >= 0.3 is 0 Å². The highest BCUT2D eigenvalue weighted by Gasteiger charge is 2.13. The van der Waals surface area contributed by atoms with Gasteiger partial charge in [0.25, 0.3) is 5.55 Å². The van der Waals surface area contributed by atoms with Crippen LogP contribution in [0.4, 0.5) is 0 Å². The first kappa shape index (κ1) is 13.6. The molecular weight excluding hydrogens is 290 g/mol. The second-order valence-corrected chi connectivity index (χ2v) is 5.59. The van der Waals surface area contributed by atoms with E-state index in [0.717, 1.165) is 38.8 Å². The average Bonchev–Trinajstić information content (AvgIpc) is 2.86. The summed E-state index contributed by atoms with van der Waals surface area (Å²) in [4.78, 5) is 0. The van der Waals surface area contributed by atoms with Gasteiger partial charge in [-0.2, -0.15) is 0 Å². The Morgan fingerprint density at radius 2 is 1.61 bits per heavy atom. The molecule has 0 bridgehead atoms. The van der Waals surface area contributed by atoms with E-state index in [1.807, 2.05) is 50.2 Å². The summed E-state index contributed by atoms with van der Waals surface area (Å²) in [5, 5.41) is 14.4. The summed E-state index contributed by atoms with van der Waals surface area (Å²) in [6.45, 7) is 3.99. The van der Waals surface area contributed by atoms with Crippen LogP contribution >= 0.6 is 0 Å². The van der Waals surface area contributed by atoms with Crippen molar-refractivity contribution in [3.8, 4) is 11.1 Å². The van der Waals surface area contributed by atoms with Gasteiger partial charge in [-0.05, 0) is 41.8 Å². The molecular formula is C19H15NO3.